The second-order valence-electron chi connectivity index (χ2n) is 0. The normalized spacial score (nSPS) is 0.133. The first-order valence-corrected chi connectivity index (χ1v) is 0.333. The third-order valence-corrected chi connectivity index (χ3v) is 0. The van der Waals surface area contributed by atoms with Crippen LogP contribution in [0.2, 0.25) is 0 Å². The minimum absolute atomic E-state index is 0. The summed E-state index contributed by atoms with van der Waals surface area (Å²) in [4.78, 5) is 0. The molecule has 0 amide bonds. The van der Waals surface area contributed by atoms with Gasteiger partial charge in [0, 0.05) is 0 Å². The lowest BCUT2D eigenvalue weighted by molar-refractivity contribution is 2.50. The lowest BCUT2D eigenvalue weighted by atomic mass is 11.4. The molecular weight excluding hydrogens is 180 g/mol. The van der Waals surface area contributed by atoms with E-state index >= 15 is 0 Å². The van der Waals surface area contributed by atoms with Gasteiger partial charge in [0.15, 0.2) is 0 Å². The molecule has 0 heteroatoms. The Labute approximate surface area is 110 Å². The lowest BCUT2D eigenvalue weighted by Gasteiger charge is -0.701. The van der Waals surface area contributed by atoms with Crippen LogP contribution in [0.3, 0.4) is 0 Å². The van der Waals surface area contributed by atoms with Gasteiger partial charge < -0.3 is 0 Å². The highest BCUT2D eigenvalue weighted by Crippen LogP contribution is 0.579. The Morgan fingerprint density at radius 1 is 0.200 bits per heavy atom. The first kappa shape index (κ1) is 8540. The second kappa shape index (κ2) is 11000. The summed E-state index contributed by atoms with van der Waals surface area (Å²) in [5, 5.41) is 0. The Hall–Kier alpha value is -0.440. The maximum atomic E-state index is 4.00. The monoisotopic (exact) mass is 234 g/mol. The number of hydrogen-bond donors (Lipinski definition) is 0. The molecule has 0 saturated carbocycles. The molecule has 0 aliphatic rings. The minimum atomic E-state index is 0. The maximum Gasteiger partial charge on any atom is -0.0776 e. The topological polar surface area (TPSA) is 0 Å². The van der Waals surface area contributed by atoms with Crippen molar-refractivity contribution in [1.29, 1.82) is 0 Å². The number of rotatable bonds is 0. The van der Waals surface area contributed by atoms with E-state index in [2.05, 4.69) is 12.8 Å². The maximum absolute atomic E-state index is 4.00. The van der Waals surface area contributed by atoms with Gasteiger partial charge in [-0.1, -0.05) is 96.5 Å². The zero-order valence-corrected chi connectivity index (χ0v) is 1.15. The van der Waals surface area contributed by atoms with Gasteiger partial charge in [-0.05, 0) is 0 Å². The standard InChI is InChI=1S/C2H2.13CH4/c1-2;;;;;;;;;;;;;/h1-2H;13*1H4. The average Bonchev–Trinajstić information content (AvgIpc) is 1.00. The fourth-order valence-electron chi connectivity index (χ4n) is 0. The van der Waals surface area contributed by atoms with Gasteiger partial charge in [0.25, 0.3) is 0 Å². The van der Waals surface area contributed by atoms with Gasteiger partial charge >= 0.3 is 0 Å². The highest BCUT2D eigenvalue weighted by atomic mass is 12.6. The summed E-state index contributed by atoms with van der Waals surface area (Å²) < 4.78 is 0. The fourth-order valence-corrected chi connectivity index (χ4v) is 0. The van der Waals surface area contributed by atoms with Crippen LogP contribution >= 0.6 is 0 Å². The zero-order chi connectivity index (χ0) is 2.00. The molecular formula is C15H54. The summed E-state index contributed by atoms with van der Waals surface area (Å²) >= 11 is 0. The van der Waals surface area contributed by atoms with Gasteiger partial charge in [0.05, 0.1) is 0 Å². The largest absolute Gasteiger partial charge is 0.124 e. The highest BCUT2D eigenvalue weighted by molar-refractivity contribution is 4.47. The van der Waals surface area contributed by atoms with Gasteiger partial charge in [0.2, 0.25) is 0 Å². The van der Waals surface area contributed by atoms with E-state index in [0.717, 1.165) is 0 Å². The molecule has 0 saturated heterocycles. The summed E-state index contributed by atoms with van der Waals surface area (Å²) in [6.45, 7) is 0. The van der Waals surface area contributed by atoms with Crippen molar-refractivity contribution < 1.29 is 0 Å². The SMILES string of the molecule is C.C.C.C.C.C.C.C.C.C.C.C.C.C#C. The van der Waals surface area contributed by atoms with E-state index in [4.69, 9.17) is 0 Å². The predicted molar refractivity (Wildman–Crippen MR) is 97.4 cm³/mol. The van der Waals surface area contributed by atoms with Crippen LogP contribution in [0.1, 0.15) is 96.5 Å². The van der Waals surface area contributed by atoms with Crippen molar-refractivity contribution in [3.8, 4) is 12.8 Å². The molecule has 0 N–H and O–H groups in total. The molecule has 0 nitrogen and oxygen atoms in total. The summed E-state index contributed by atoms with van der Waals surface area (Å²) in [6.07, 6.45) is 8.00. The molecule has 0 atom stereocenters. The fraction of sp³-hybridized carbons (Fsp3) is 0.867. The smallest absolute Gasteiger partial charge is 0.0776 e. The summed E-state index contributed by atoms with van der Waals surface area (Å²) in [5.41, 5.74) is 0. The van der Waals surface area contributed by atoms with E-state index in [0.29, 0.717) is 0 Å². The van der Waals surface area contributed by atoms with Gasteiger partial charge in [-0.25, -0.2) is 0 Å². The van der Waals surface area contributed by atoms with Crippen LogP contribution in [0.5, 0.6) is 0 Å². The summed E-state index contributed by atoms with van der Waals surface area (Å²) in [6, 6.07) is 0. The minimum Gasteiger partial charge on any atom is -0.124 e. The van der Waals surface area contributed by atoms with E-state index in [1.165, 1.54) is 0 Å². The molecule has 0 heterocycles. The molecule has 0 bridgehead atoms. The van der Waals surface area contributed by atoms with Crippen LogP contribution in [0.4, 0.5) is 0 Å². The van der Waals surface area contributed by atoms with Crippen molar-refractivity contribution >= 4 is 0 Å². The number of terminal acetylenes is 1. The Kier molecular flexibility index (Phi) is 6290000. The zero-order valence-electron chi connectivity index (χ0n) is 1.15. The molecule has 114 valence electrons. The summed E-state index contributed by atoms with van der Waals surface area (Å²) in [5.74, 6) is 0. The highest BCUT2D eigenvalue weighted by Gasteiger charge is 0.454. The van der Waals surface area contributed by atoms with Crippen molar-refractivity contribution in [1.82, 2.24) is 0 Å². The van der Waals surface area contributed by atoms with E-state index in [9.17, 15) is 0 Å². The van der Waals surface area contributed by atoms with Crippen molar-refractivity contribution in [3.05, 3.63) is 0 Å². The molecule has 0 radical (unpaired) electrons. The molecule has 0 aromatic heterocycles. The molecule has 0 unspecified atom stereocenters. The Morgan fingerprint density at radius 3 is 0.200 bits per heavy atom. The van der Waals surface area contributed by atoms with Crippen molar-refractivity contribution in [2.24, 2.45) is 0 Å². The third-order valence-electron chi connectivity index (χ3n) is 0. The average molecular weight is 235 g/mol. The molecule has 0 aromatic carbocycles. The van der Waals surface area contributed by atoms with E-state index in [1.54, 1.807) is 0 Å². The molecule has 0 aromatic rings. The van der Waals surface area contributed by atoms with Crippen LogP contribution in [-0.2, 0) is 0 Å². The first-order chi connectivity index (χ1) is 1.00. The van der Waals surface area contributed by atoms with Gasteiger partial charge in [-0.2, -0.15) is 0 Å². The quantitative estimate of drug-likeness (QED) is 0.368. The Morgan fingerprint density at radius 2 is 0.200 bits per heavy atom. The molecule has 0 aliphatic heterocycles. The van der Waals surface area contributed by atoms with E-state index < -0.39 is 0 Å². The van der Waals surface area contributed by atoms with Gasteiger partial charge in [-0.3, -0.25) is 0 Å². The van der Waals surface area contributed by atoms with Crippen molar-refractivity contribution in [2.45, 2.75) is 96.5 Å². The molecule has 0 aliphatic carbocycles. The molecule has 0 fully saturated rings. The van der Waals surface area contributed by atoms with Crippen LogP contribution in [0, 0.1) is 12.8 Å². The predicted octanol–water partition coefficient (Wildman–Crippen LogP) is 8.52. The number of hydrogen-bond acceptors (Lipinski definition) is 0. The van der Waals surface area contributed by atoms with E-state index in [-0.39, 0.29) is 96.5 Å². The molecule has 0 spiro atoms. The van der Waals surface area contributed by atoms with Crippen LogP contribution in [0.15, 0.2) is 0 Å². The van der Waals surface area contributed by atoms with E-state index in [1.807, 2.05) is 0 Å². The Bertz CT molecular complexity index is 4.75. The van der Waals surface area contributed by atoms with Crippen LogP contribution in [-0.4, -0.2) is 0 Å². The van der Waals surface area contributed by atoms with Crippen molar-refractivity contribution in [3.63, 3.8) is 0 Å². The summed E-state index contributed by atoms with van der Waals surface area (Å²) in [7, 11) is 0. The second-order valence-corrected chi connectivity index (χ2v) is 0. The first-order valence-electron chi connectivity index (χ1n) is 0.333. The molecule has 15 heavy (non-hydrogen) atoms. The van der Waals surface area contributed by atoms with Gasteiger partial charge in [-0.15, -0.1) is 12.8 Å². The molecule has 0 rings (SSSR count). The Balaban J connectivity index is -0.0000000000641. The van der Waals surface area contributed by atoms with Crippen LogP contribution < -0.4 is 0 Å². The lowest BCUT2D eigenvalue weighted by Crippen LogP contribution is -0.576. The third kappa shape index (κ3) is 9360. The van der Waals surface area contributed by atoms with Crippen molar-refractivity contribution in [2.75, 3.05) is 0 Å². The van der Waals surface area contributed by atoms with Gasteiger partial charge in [0.1, 0.15) is 0 Å². The van der Waals surface area contributed by atoms with Crippen LogP contribution in [0.25, 0.3) is 0 Å².